The number of rotatable bonds is 7. The molecule has 2 saturated carbocycles. The third-order valence-electron chi connectivity index (χ3n) is 8.37. The van der Waals surface area contributed by atoms with Crippen LogP contribution >= 0.6 is 0 Å². The number of hydrogen-bond acceptors (Lipinski definition) is 5. The quantitative estimate of drug-likeness (QED) is 0.429. The highest BCUT2D eigenvalue weighted by Crippen LogP contribution is 2.65. The monoisotopic (exact) mass is 529 g/mol. The molecule has 4 amide bonds. The molecule has 4 aliphatic rings. The summed E-state index contributed by atoms with van der Waals surface area (Å²) >= 11 is 0. The smallest absolute Gasteiger partial charge is 0.351 e. The number of nitriles is 1. The molecular formula is C24H31F4N5O4. The standard InChI is InChI=1S/C24H31F4N5O4/c1-21(2)8-11(17(34)32-21)7-12(9-29)30-18(35)15-14-13(22(14,3)4)10-33(15)19(36)16(23(25)5-6-23)31-20(37)24(26,27)28/h11-16H,5-8,10H2,1-4H3,(H,30,35)(H,31,37)(H,32,34)/t11-,12+,13+,14+,15+,16-/m1/s1. The molecule has 13 heteroatoms. The van der Waals surface area contributed by atoms with Gasteiger partial charge in [0.15, 0.2) is 0 Å². The number of halogens is 4. The molecule has 4 rings (SSSR count). The molecule has 0 radical (unpaired) electrons. The lowest BCUT2D eigenvalue weighted by Gasteiger charge is -2.34. The van der Waals surface area contributed by atoms with Gasteiger partial charge in [0, 0.05) is 18.0 Å². The number of likely N-dealkylation sites (tertiary alicyclic amines) is 1. The second-order valence-corrected chi connectivity index (χ2v) is 12.0. The largest absolute Gasteiger partial charge is 0.471 e. The van der Waals surface area contributed by atoms with Gasteiger partial charge in [0.2, 0.25) is 17.7 Å². The Hall–Kier alpha value is -2.91. The maximum absolute atomic E-state index is 15.0. The molecule has 4 fully saturated rings. The van der Waals surface area contributed by atoms with Crippen LogP contribution in [0.25, 0.3) is 0 Å². The first kappa shape index (κ1) is 27.1. The van der Waals surface area contributed by atoms with Gasteiger partial charge in [0.25, 0.3) is 0 Å². The first-order valence-electron chi connectivity index (χ1n) is 12.3. The van der Waals surface area contributed by atoms with Gasteiger partial charge in [-0.15, -0.1) is 0 Å². The molecule has 2 aliphatic carbocycles. The molecule has 2 saturated heterocycles. The fourth-order valence-corrected chi connectivity index (χ4v) is 6.08. The van der Waals surface area contributed by atoms with Crippen molar-refractivity contribution >= 4 is 23.6 Å². The van der Waals surface area contributed by atoms with Crippen LogP contribution in [0, 0.1) is 34.5 Å². The predicted octanol–water partition coefficient (Wildman–Crippen LogP) is 1.33. The van der Waals surface area contributed by atoms with Gasteiger partial charge in [-0.3, -0.25) is 19.2 Å². The summed E-state index contributed by atoms with van der Waals surface area (Å²) in [4.78, 5) is 51.6. The van der Waals surface area contributed by atoms with E-state index in [1.807, 2.05) is 33.8 Å². The van der Waals surface area contributed by atoms with Crippen molar-refractivity contribution < 1.29 is 36.7 Å². The van der Waals surface area contributed by atoms with Gasteiger partial charge >= 0.3 is 12.1 Å². The van der Waals surface area contributed by atoms with Gasteiger partial charge in [-0.1, -0.05) is 13.8 Å². The average molecular weight is 530 g/mol. The van der Waals surface area contributed by atoms with Crippen LogP contribution in [0.5, 0.6) is 0 Å². The highest BCUT2D eigenvalue weighted by atomic mass is 19.4. The molecule has 0 bridgehead atoms. The van der Waals surface area contributed by atoms with Crippen LogP contribution in [0.3, 0.4) is 0 Å². The summed E-state index contributed by atoms with van der Waals surface area (Å²) in [7, 11) is 0. The summed E-state index contributed by atoms with van der Waals surface area (Å²) in [6.07, 6.45) is -5.18. The SMILES string of the molecule is CC1(C)C[C@@H](C[C@@H](C#N)NC(=O)[C@@H]2[C@@H]3[C@H](CN2C(=O)[C@@H](NC(=O)C(F)(F)F)C2(F)CC2)C3(C)C)C(=O)N1. The van der Waals surface area contributed by atoms with E-state index < -0.39 is 59.1 Å². The van der Waals surface area contributed by atoms with Crippen molar-refractivity contribution in [3.8, 4) is 6.07 Å². The van der Waals surface area contributed by atoms with E-state index in [1.54, 1.807) is 0 Å². The summed E-state index contributed by atoms with van der Waals surface area (Å²) in [6, 6.07) is -2.31. The number of alkyl halides is 4. The third-order valence-corrected chi connectivity index (χ3v) is 8.37. The number of hydrogen-bond donors (Lipinski definition) is 3. The Kier molecular flexibility index (Phi) is 6.28. The maximum Gasteiger partial charge on any atom is 0.471 e. The number of fused-ring (bicyclic) bond motifs is 1. The molecule has 3 N–H and O–H groups in total. The van der Waals surface area contributed by atoms with E-state index in [4.69, 9.17) is 0 Å². The van der Waals surface area contributed by atoms with Gasteiger partial charge in [0.05, 0.1) is 6.07 Å². The Morgan fingerprint density at radius 3 is 2.30 bits per heavy atom. The van der Waals surface area contributed by atoms with Gasteiger partial charge in [-0.2, -0.15) is 18.4 Å². The Labute approximate surface area is 211 Å². The van der Waals surface area contributed by atoms with Crippen molar-refractivity contribution in [3.05, 3.63) is 0 Å². The predicted molar refractivity (Wildman–Crippen MR) is 120 cm³/mol. The van der Waals surface area contributed by atoms with Crippen molar-refractivity contribution in [1.29, 1.82) is 5.26 Å². The molecule has 9 nitrogen and oxygen atoms in total. The average Bonchev–Trinajstić information content (AvgIpc) is 3.49. The molecule has 0 aromatic heterocycles. The second-order valence-electron chi connectivity index (χ2n) is 12.0. The lowest BCUT2D eigenvalue weighted by molar-refractivity contribution is -0.176. The Bertz CT molecular complexity index is 1060. The normalized spacial score (nSPS) is 31.9. The second kappa shape index (κ2) is 8.56. The summed E-state index contributed by atoms with van der Waals surface area (Å²) < 4.78 is 53.6. The topological polar surface area (TPSA) is 131 Å². The number of nitrogens with one attached hydrogen (secondary N) is 3. The highest BCUT2D eigenvalue weighted by Gasteiger charge is 2.70. The van der Waals surface area contributed by atoms with Crippen LogP contribution in [0.4, 0.5) is 17.6 Å². The van der Waals surface area contributed by atoms with Crippen LogP contribution < -0.4 is 16.0 Å². The van der Waals surface area contributed by atoms with Crippen LogP contribution in [0.15, 0.2) is 0 Å². The molecule has 0 aromatic carbocycles. The van der Waals surface area contributed by atoms with E-state index >= 15 is 0 Å². The summed E-state index contributed by atoms with van der Waals surface area (Å²) in [5, 5.41) is 16.6. The van der Waals surface area contributed by atoms with Gasteiger partial charge in [-0.25, -0.2) is 4.39 Å². The van der Waals surface area contributed by atoms with Crippen molar-refractivity contribution in [3.63, 3.8) is 0 Å². The molecule has 204 valence electrons. The van der Waals surface area contributed by atoms with Crippen LogP contribution in [0.1, 0.15) is 53.4 Å². The number of amides is 4. The van der Waals surface area contributed by atoms with Crippen LogP contribution in [-0.4, -0.2) is 70.6 Å². The molecule has 2 aliphatic heterocycles. The Morgan fingerprint density at radius 1 is 1.19 bits per heavy atom. The zero-order valence-corrected chi connectivity index (χ0v) is 21.0. The number of nitrogens with zero attached hydrogens (tertiary/aromatic N) is 2. The molecule has 0 unspecified atom stereocenters. The first-order chi connectivity index (χ1) is 16.9. The molecule has 0 spiro atoms. The number of carbonyl (C=O) groups excluding carboxylic acids is 4. The van der Waals surface area contributed by atoms with E-state index in [9.17, 15) is 42.0 Å². The summed E-state index contributed by atoms with van der Waals surface area (Å²) in [6.45, 7) is 7.47. The summed E-state index contributed by atoms with van der Waals surface area (Å²) in [5.74, 6) is -5.45. The minimum atomic E-state index is -5.31. The van der Waals surface area contributed by atoms with E-state index in [0.29, 0.717) is 6.42 Å². The van der Waals surface area contributed by atoms with Crippen molar-refractivity contribution in [2.24, 2.45) is 23.2 Å². The van der Waals surface area contributed by atoms with Crippen molar-refractivity contribution in [2.45, 2.75) is 88.9 Å². The fourth-order valence-electron chi connectivity index (χ4n) is 6.08. The molecule has 0 aromatic rings. The van der Waals surface area contributed by atoms with Crippen LogP contribution in [0.2, 0.25) is 0 Å². The highest BCUT2D eigenvalue weighted by molar-refractivity contribution is 5.95. The van der Waals surface area contributed by atoms with Gasteiger partial charge < -0.3 is 20.9 Å². The Morgan fingerprint density at radius 2 is 1.81 bits per heavy atom. The van der Waals surface area contributed by atoms with E-state index in [2.05, 4.69) is 10.6 Å². The molecular weight excluding hydrogens is 498 g/mol. The number of carbonyl (C=O) groups is 4. The van der Waals surface area contributed by atoms with E-state index in [-0.39, 0.29) is 49.0 Å². The van der Waals surface area contributed by atoms with E-state index in [1.165, 1.54) is 5.32 Å². The molecule has 37 heavy (non-hydrogen) atoms. The van der Waals surface area contributed by atoms with E-state index in [0.717, 1.165) is 4.90 Å². The Balaban J connectivity index is 1.51. The maximum atomic E-state index is 15.0. The van der Waals surface area contributed by atoms with Crippen molar-refractivity contribution in [1.82, 2.24) is 20.9 Å². The lowest BCUT2D eigenvalue weighted by atomic mass is 9.91. The minimum absolute atomic E-state index is 0.0134. The molecule has 2 heterocycles. The minimum Gasteiger partial charge on any atom is -0.351 e. The number of piperidine rings is 1. The van der Waals surface area contributed by atoms with Crippen molar-refractivity contribution in [2.75, 3.05) is 6.54 Å². The van der Waals surface area contributed by atoms with Gasteiger partial charge in [0.1, 0.15) is 23.8 Å². The first-order valence-corrected chi connectivity index (χ1v) is 12.3. The lowest BCUT2D eigenvalue weighted by Crippen LogP contribution is -2.60. The zero-order valence-electron chi connectivity index (χ0n) is 21.0. The van der Waals surface area contributed by atoms with Gasteiger partial charge in [-0.05, 0) is 56.8 Å². The third kappa shape index (κ3) is 4.99. The fraction of sp³-hybridized carbons (Fsp3) is 0.792. The summed E-state index contributed by atoms with van der Waals surface area (Å²) in [5.41, 5.74) is -3.13. The molecule has 6 atom stereocenters. The van der Waals surface area contributed by atoms with Crippen LogP contribution in [-0.2, 0) is 19.2 Å². The zero-order chi connectivity index (χ0) is 27.7.